The molecule has 0 aliphatic heterocycles. The van der Waals surface area contributed by atoms with E-state index in [2.05, 4.69) is 36.8 Å². The summed E-state index contributed by atoms with van der Waals surface area (Å²) in [6, 6.07) is 12.4. The van der Waals surface area contributed by atoms with Crippen LogP contribution in [0.3, 0.4) is 0 Å². The van der Waals surface area contributed by atoms with Crippen molar-refractivity contribution in [3.8, 4) is 0 Å². The van der Waals surface area contributed by atoms with E-state index >= 15 is 0 Å². The van der Waals surface area contributed by atoms with E-state index in [9.17, 15) is 9.18 Å². The number of hydrogen-bond donors (Lipinski definition) is 2. The van der Waals surface area contributed by atoms with Crippen LogP contribution in [0.5, 0.6) is 0 Å². The number of nitrogens with one attached hydrogen (secondary N) is 2. The van der Waals surface area contributed by atoms with Crippen molar-refractivity contribution < 1.29 is 9.18 Å². The Morgan fingerprint density at radius 3 is 2.73 bits per heavy atom. The molecular formula is C17H14BrFN4OS2. The van der Waals surface area contributed by atoms with Crippen molar-refractivity contribution in [2.75, 3.05) is 16.4 Å². The lowest BCUT2D eigenvalue weighted by molar-refractivity contribution is -0.113. The van der Waals surface area contributed by atoms with Crippen LogP contribution in [0.2, 0.25) is 0 Å². The largest absolute Gasteiger partial charge is 0.330 e. The SMILES string of the molecule is Cc1ccc(Nc2nnc(SCC(=O)Nc3ccc(Br)cc3F)s2)cc1. The second-order valence-corrected chi connectivity index (χ2v) is 8.44. The molecule has 0 spiro atoms. The highest BCUT2D eigenvalue weighted by atomic mass is 79.9. The maximum absolute atomic E-state index is 13.7. The normalized spacial score (nSPS) is 10.6. The van der Waals surface area contributed by atoms with Crippen molar-refractivity contribution in [3.05, 3.63) is 58.3 Å². The van der Waals surface area contributed by atoms with E-state index in [-0.39, 0.29) is 17.3 Å². The van der Waals surface area contributed by atoms with E-state index in [0.717, 1.165) is 5.69 Å². The Kier molecular flexibility index (Phi) is 6.23. The van der Waals surface area contributed by atoms with Crippen LogP contribution in [0, 0.1) is 12.7 Å². The van der Waals surface area contributed by atoms with Gasteiger partial charge in [0.1, 0.15) is 5.82 Å². The number of hydrogen-bond acceptors (Lipinski definition) is 6. The van der Waals surface area contributed by atoms with Gasteiger partial charge in [-0.1, -0.05) is 56.7 Å². The minimum absolute atomic E-state index is 0.120. The predicted octanol–water partition coefficient (Wildman–Crippen LogP) is 5.22. The van der Waals surface area contributed by atoms with Crippen molar-refractivity contribution in [1.82, 2.24) is 10.2 Å². The van der Waals surface area contributed by atoms with Crippen LogP contribution in [-0.4, -0.2) is 21.9 Å². The molecule has 0 bridgehead atoms. The summed E-state index contributed by atoms with van der Waals surface area (Å²) in [4.78, 5) is 12.0. The number of amides is 1. The van der Waals surface area contributed by atoms with Gasteiger partial charge >= 0.3 is 0 Å². The molecule has 5 nitrogen and oxygen atoms in total. The van der Waals surface area contributed by atoms with E-state index in [4.69, 9.17) is 0 Å². The van der Waals surface area contributed by atoms with Crippen molar-refractivity contribution in [1.29, 1.82) is 0 Å². The number of carbonyl (C=O) groups is 1. The molecule has 1 aromatic heterocycles. The third-order valence-electron chi connectivity index (χ3n) is 3.24. The summed E-state index contributed by atoms with van der Waals surface area (Å²) in [5.74, 6) is -0.674. The lowest BCUT2D eigenvalue weighted by Gasteiger charge is -2.05. The van der Waals surface area contributed by atoms with E-state index in [1.165, 1.54) is 40.8 Å². The van der Waals surface area contributed by atoms with E-state index in [0.29, 0.717) is 13.9 Å². The van der Waals surface area contributed by atoms with Crippen molar-refractivity contribution in [3.63, 3.8) is 0 Å². The molecule has 0 fully saturated rings. The minimum Gasteiger partial charge on any atom is -0.330 e. The number of aryl methyl sites for hydroxylation is 1. The summed E-state index contributed by atoms with van der Waals surface area (Å²) < 4.78 is 15.0. The Balaban J connectivity index is 1.52. The lowest BCUT2D eigenvalue weighted by atomic mass is 10.2. The van der Waals surface area contributed by atoms with Crippen molar-refractivity contribution in [2.24, 2.45) is 0 Å². The number of anilines is 3. The molecule has 134 valence electrons. The molecule has 0 atom stereocenters. The number of thioether (sulfide) groups is 1. The fourth-order valence-electron chi connectivity index (χ4n) is 1.98. The average Bonchev–Trinajstić information content (AvgIpc) is 3.05. The Labute approximate surface area is 166 Å². The van der Waals surface area contributed by atoms with Crippen LogP contribution < -0.4 is 10.6 Å². The summed E-state index contributed by atoms with van der Waals surface area (Å²) in [6.45, 7) is 2.02. The van der Waals surface area contributed by atoms with Crippen LogP contribution in [0.15, 0.2) is 51.3 Å². The summed E-state index contributed by atoms with van der Waals surface area (Å²) in [5.41, 5.74) is 2.25. The van der Waals surface area contributed by atoms with Gasteiger partial charge in [0.2, 0.25) is 11.0 Å². The molecule has 2 aromatic carbocycles. The first-order valence-corrected chi connectivity index (χ1v) is 10.1. The molecule has 0 saturated heterocycles. The van der Waals surface area contributed by atoms with Gasteiger partial charge in [0.05, 0.1) is 11.4 Å². The number of benzene rings is 2. The standard InChI is InChI=1S/C17H14BrFN4OS2/c1-10-2-5-12(6-3-10)20-16-22-23-17(26-16)25-9-15(24)21-14-7-4-11(18)8-13(14)19/h2-8H,9H2,1H3,(H,20,22)(H,21,24). The van der Waals surface area contributed by atoms with Crippen LogP contribution in [0.1, 0.15) is 5.56 Å². The number of nitrogens with zero attached hydrogens (tertiary/aromatic N) is 2. The molecule has 0 radical (unpaired) electrons. The summed E-state index contributed by atoms with van der Waals surface area (Å²) in [7, 11) is 0. The molecule has 3 aromatic rings. The molecule has 2 N–H and O–H groups in total. The van der Waals surface area contributed by atoms with Gasteiger partial charge in [-0.2, -0.15) is 0 Å². The molecular weight excluding hydrogens is 439 g/mol. The summed E-state index contributed by atoms with van der Waals surface area (Å²) >= 11 is 5.78. The number of carbonyl (C=O) groups excluding carboxylic acids is 1. The Hall–Kier alpha value is -1.97. The summed E-state index contributed by atoms with van der Waals surface area (Å²) in [6.07, 6.45) is 0. The van der Waals surface area contributed by atoms with Crippen LogP contribution in [0.4, 0.5) is 20.9 Å². The second-order valence-electron chi connectivity index (χ2n) is 5.33. The van der Waals surface area contributed by atoms with E-state index < -0.39 is 5.82 Å². The zero-order chi connectivity index (χ0) is 18.5. The Bertz CT molecular complexity index is 917. The fourth-order valence-corrected chi connectivity index (χ4v) is 3.89. The molecule has 1 heterocycles. The van der Waals surface area contributed by atoms with Crippen LogP contribution >= 0.6 is 39.0 Å². The first-order chi connectivity index (χ1) is 12.5. The highest BCUT2D eigenvalue weighted by Gasteiger charge is 2.11. The molecule has 0 aliphatic carbocycles. The molecule has 0 unspecified atom stereocenters. The highest BCUT2D eigenvalue weighted by molar-refractivity contribution is 9.10. The molecule has 26 heavy (non-hydrogen) atoms. The highest BCUT2D eigenvalue weighted by Crippen LogP contribution is 2.28. The lowest BCUT2D eigenvalue weighted by Crippen LogP contribution is -2.14. The maximum Gasteiger partial charge on any atom is 0.234 e. The maximum atomic E-state index is 13.7. The van der Waals surface area contributed by atoms with Gasteiger partial charge in [-0.25, -0.2) is 4.39 Å². The number of rotatable bonds is 6. The number of halogens is 2. The molecule has 3 rings (SSSR count). The minimum atomic E-state index is -0.488. The van der Waals surface area contributed by atoms with Gasteiger partial charge in [0.25, 0.3) is 0 Å². The monoisotopic (exact) mass is 452 g/mol. The Morgan fingerprint density at radius 2 is 2.00 bits per heavy atom. The van der Waals surface area contributed by atoms with E-state index in [1.54, 1.807) is 6.07 Å². The van der Waals surface area contributed by atoms with E-state index in [1.807, 2.05) is 31.2 Å². The predicted molar refractivity (Wildman–Crippen MR) is 108 cm³/mol. The zero-order valence-corrected chi connectivity index (χ0v) is 16.8. The van der Waals surface area contributed by atoms with Crippen molar-refractivity contribution in [2.45, 2.75) is 11.3 Å². The quantitative estimate of drug-likeness (QED) is 0.501. The average molecular weight is 453 g/mol. The zero-order valence-electron chi connectivity index (χ0n) is 13.6. The molecule has 1 amide bonds. The molecule has 9 heteroatoms. The van der Waals surface area contributed by atoms with Gasteiger partial charge in [0, 0.05) is 10.2 Å². The summed E-state index contributed by atoms with van der Waals surface area (Å²) in [5, 5.41) is 14.5. The van der Waals surface area contributed by atoms with Crippen LogP contribution in [0.25, 0.3) is 0 Å². The van der Waals surface area contributed by atoms with Gasteiger partial charge in [-0.15, -0.1) is 10.2 Å². The second kappa shape index (κ2) is 8.61. The third-order valence-corrected chi connectivity index (χ3v) is 5.71. The van der Waals surface area contributed by atoms with Gasteiger partial charge in [0.15, 0.2) is 4.34 Å². The Morgan fingerprint density at radius 1 is 1.23 bits per heavy atom. The number of aromatic nitrogens is 2. The first kappa shape index (κ1) is 18.8. The van der Waals surface area contributed by atoms with Gasteiger partial charge in [-0.3, -0.25) is 4.79 Å². The first-order valence-electron chi connectivity index (χ1n) is 7.54. The smallest absolute Gasteiger partial charge is 0.234 e. The van der Waals surface area contributed by atoms with Gasteiger partial charge in [-0.05, 0) is 37.3 Å². The van der Waals surface area contributed by atoms with Crippen LogP contribution in [-0.2, 0) is 4.79 Å². The van der Waals surface area contributed by atoms with Crippen molar-refractivity contribution >= 4 is 61.4 Å². The molecule has 0 saturated carbocycles. The van der Waals surface area contributed by atoms with Gasteiger partial charge < -0.3 is 10.6 Å². The topological polar surface area (TPSA) is 66.9 Å². The molecule has 0 aliphatic rings. The third kappa shape index (κ3) is 5.26. The fraction of sp³-hybridized carbons (Fsp3) is 0.118.